The molecule has 0 amide bonds. The van der Waals surface area contributed by atoms with Crippen LogP contribution < -0.4 is 20.6 Å². The van der Waals surface area contributed by atoms with E-state index in [1.807, 2.05) is 18.2 Å². The first-order valence-corrected chi connectivity index (χ1v) is 18.3. The number of rotatable bonds is 6. The minimum atomic E-state index is -3.22. The standard InChI is InChI=1S/C44H38NOP/c1-3-41-39-24-14-13-23-38(39)40-29-27-33(30-43(40)45(41)42-25-15-10-16-31(42)2)37-28-26-32-17-11-12-22-36(32)44(37)47(46,34-18-6-4-7-19-34)35-20-8-5-9-21-35/h3-4,6-8,10-27,29-30,37,41H,1,5,9,28H2,2H3. The van der Waals surface area contributed by atoms with Gasteiger partial charge >= 0.3 is 0 Å². The summed E-state index contributed by atoms with van der Waals surface area (Å²) in [5.74, 6) is -0.0597. The number of anilines is 2. The van der Waals surface area contributed by atoms with Gasteiger partial charge in [-0.25, -0.2) is 0 Å². The van der Waals surface area contributed by atoms with Gasteiger partial charge in [-0.05, 0) is 71.0 Å². The number of nitrogens with zero attached hydrogens (tertiary/aromatic N) is 1. The van der Waals surface area contributed by atoms with E-state index in [-0.39, 0.29) is 12.0 Å². The lowest BCUT2D eigenvalue weighted by Crippen LogP contribution is -2.33. The average molecular weight is 628 g/mol. The second kappa shape index (κ2) is 12.0. The Labute approximate surface area is 277 Å². The lowest BCUT2D eigenvalue weighted by molar-refractivity contribution is 0.589. The number of allylic oxidation sites excluding steroid dienone is 4. The molecule has 47 heavy (non-hydrogen) atoms. The average Bonchev–Trinajstić information content (AvgIpc) is 3.14. The summed E-state index contributed by atoms with van der Waals surface area (Å²) in [5, 5.41) is 5.15. The Morgan fingerprint density at radius 1 is 0.766 bits per heavy atom. The summed E-state index contributed by atoms with van der Waals surface area (Å²) in [4.78, 5) is 2.45. The summed E-state index contributed by atoms with van der Waals surface area (Å²) in [6.07, 6.45) is 13.6. The molecule has 2 aliphatic carbocycles. The number of hydrogen-bond donors (Lipinski definition) is 0. The summed E-state index contributed by atoms with van der Waals surface area (Å²) in [6, 6.07) is 43.0. The summed E-state index contributed by atoms with van der Waals surface area (Å²) < 4.78 is 16.2. The number of fused-ring (bicyclic) bond motifs is 4. The predicted molar refractivity (Wildman–Crippen MR) is 199 cm³/mol. The Kier molecular flexibility index (Phi) is 7.55. The van der Waals surface area contributed by atoms with Crippen LogP contribution in [0, 0.1) is 6.92 Å². The molecule has 1 heterocycles. The highest BCUT2D eigenvalue weighted by Crippen LogP contribution is 2.66. The maximum atomic E-state index is 16.2. The van der Waals surface area contributed by atoms with E-state index >= 15 is 4.57 Å². The van der Waals surface area contributed by atoms with Gasteiger partial charge in [0.25, 0.3) is 0 Å². The van der Waals surface area contributed by atoms with Gasteiger partial charge in [0.05, 0.1) is 11.7 Å². The Hall–Kier alpha value is -4.91. The van der Waals surface area contributed by atoms with E-state index in [4.69, 9.17) is 0 Å². The van der Waals surface area contributed by atoms with Crippen LogP contribution >= 0.6 is 7.14 Å². The molecule has 3 heteroatoms. The molecule has 3 unspecified atom stereocenters. The van der Waals surface area contributed by atoms with Crippen molar-refractivity contribution in [2.45, 2.75) is 38.1 Å². The van der Waals surface area contributed by atoms with Crippen molar-refractivity contribution < 1.29 is 4.57 Å². The maximum Gasteiger partial charge on any atom is 0.168 e. The highest BCUT2D eigenvalue weighted by atomic mass is 31.2. The molecule has 230 valence electrons. The zero-order chi connectivity index (χ0) is 32.0. The van der Waals surface area contributed by atoms with Gasteiger partial charge in [-0.3, -0.25) is 0 Å². The second-order valence-electron chi connectivity index (χ2n) is 12.7. The number of para-hydroxylation sites is 1. The Morgan fingerprint density at radius 2 is 1.53 bits per heavy atom. The molecule has 5 aromatic carbocycles. The zero-order valence-corrected chi connectivity index (χ0v) is 27.6. The van der Waals surface area contributed by atoms with Gasteiger partial charge in [-0.2, -0.15) is 0 Å². The van der Waals surface area contributed by atoms with Gasteiger partial charge in [-0.1, -0.05) is 140 Å². The van der Waals surface area contributed by atoms with Gasteiger partial charge in [0.1, 0.15) is 0 Å². The van der Waals surface area contributed by atoms with Crippen molar-refractivity contribution in [2.24, 2.45) is 0 Å². The summed E-state index contributed by atoms with van der Waals surface area (Å²) in [7, 11) is -3.22. The lowest BCUT2D eigenvalue weighted by atomic mass is 9.84. The molecule has 0 bridgehead atoms. The third-order valence-electron chi connectivity index (χ3n) is 10.1. The molecule has 0 N–H and O–H groups in total. The van der Waals surface area contributed by atoms with Gasteiger partial charge < -0.3 is 9.46 Å². The van der Waals surface area contributed by atoms with E-state index in [0.29, 0.717) is 0 Å². The molecule has 5 aromatic rings. The molecule has 0 saturated heterocycles. The van der Waals surface area contributed by atoms with Crippen molar-refractivity contribution in [3.05, 3.63) is 185 Å². The minimum absolute atomic E-state index is 0.0231. The largest absolute Gasteiger partial charge is 0.330 e. The number of benzene rings is 5. The monoisotopic (exact) mass is 627 g/mol. The van der Waals surface area contributed by atoms with Crippen LogP contribution in [0.3, 0.4) is 0 Å². The molecule has 2 nitrogen and oxygen atoms in total. The molecule has 3 atom stereocenters. The van der Waals surface area contributed by atoms with Crippen molar-refractivity contribution in [2.75, 3.05) is 4.90 Å². The van der Waals surface area contributed by atoms with Gasteiger partial charge in [0.15, 0.2) is 7.14 Å². The fourth-order valence-electron chi connectivity index (χ4n) is 7.86. The highest BCUT2D eigenvalue weighted by molar-refractivity contribution is 7.84. The zero-order valence-electron chi connectivity index (χ0n) is 26.7. The summed E-state index contributed by atoms with van der Waals surface area (Å²) in [5.41, 5.74) is 8.42. The van der Waals surface area contributed by atoms with E-state index < -0.39 is 7.14 Å². The molecule has 0 saturated carbocycles. The van der Waals surface area contributed by atoms with Crippen molar-refractivity contribution in [1.82, 2.24) is 0 Å². The number of hydrogen-bond acceptors (Lipinski definition) is 2. The summed E-state index contributed by atoms with van der Waals surface area (Å²) >= 11 is 0. The van der Waals surface area contributed by atoms with Gasteiger partial charge in [-0.15, -0.1) is 6.58 Å². The van der Waals surface area contributed by atoms with Crippen LogP contribution in [0.2, 0.25) is 0 Å². The first-order chi connectivity index (χ1) is 23.1. The quantitative estimate of drug-likeness (QED) is 0.138. The molecule has 0 radical (unpaired) electrons. The summed E-state index contributed by atoms with van der Waals surface area (Å²) in [6.45, 7) is 6.51. The van der Waals surface area contributed by atoms with Gasteiger partial charge in [0.2, 0.25) is 0 Å². The van der Waals surface area contributed by atoms with E-state index in [2.05, 4.69) is 152 Å². The van der Waals surface area contributed by atoms with E-state index in [0.717, 1.165) is 51.3 Å². The van der Waals surface area contributed by atoms with Crippen LogP contribution in [-0.4, -0.2) is 0 Å². The third-order valence-corrected chi connectivity index (χ3v) is 13.4. The second-order valence-corrected chi connectivity index (χ2v) is 15.5. The molecular formula is C44H38NOP. The van der Waals surface area contributed by atoms with Crippen LogP contribution in [0.25, 0.3) is 22.5 Å². The Balaban J connectivity index is 1.40. The molecule has 3 aliphatic rings. The fourth-order valence-corrected chi connectivity index (χ4v) is 11.2. The van der Waals surface area contributed by atoms with Crippen molar-refractivity contribution >= 4 is 35.2 Å². The van der Waals surface area contributed by atoms with Crippen molar-refractivity contribution in [3.63, 3.8) is 0 Å². The highest BCUT2D eigenvalue weighted by Gasteiger charge is 2.40. The van der Waals surface area contributed by atoms with Crippen LogP contribution in [0.5, 0.6) is 0 Å². The molecule has 0 spiro atoms. The van der Waals surface area contributed by atoms with Crippen LogP contribution in [-0.2, 0) is 4.57 Å². The molecule has 0 aromatic heterocycles. The molecule has 0 fully saturated rings. The van der Waals surface area contributed by atoms with Crippen LogP contribution in [0.1, 0.15) is 47.9 Å². The molecule has 1 aliphatic heterocycles. The number of aryl methyl sites for hydroxylation is 1. The minimum Gasteiger partial charge on any atom is -0.330 e. The SMILES string of the molecule is C=CC1c2ccccc2-c2ccc(C3CC=c4ccccc4=C3P(=O)(C3=CCCC=C3)c3ccccc3)cc2N1c1ccccc1C. The van der Waals surface area contributed by atoms with Crippen molar-refractivity contribution in [1.29, 1.82) is 0 Å². The van der Waals surface area contributed by atoms with Crippen LogP contribution in [0.4, 0.5) is 11.4 Å². The Morgan fingerprint density at radius 3 is 2.34 bits per heavy atom. The molecule has 8 rings (SSSR count). The third kappa shape index (κ3) is 4.82. The maximum absolute atomic E-state index is 16.2. The first kappa shape index (κ1) is 29.5. The first-order valence-electron chi connectivity index (χ1n) is 16.6. The topological polar surface area (TPSA) is 20.3 Å². The fraction of sp³-hybridized carbons (Fsp3) is 0.136. The normalized spacial score (nSPS) is 19.4. The van der Waals surface area contributed by atoms with E-state index in [1.165, 1.54) is 33.5 Å². The Bertz CT molecular complexity index is 2260. The van der Waals surface area contributed by atoms with Crippen molar-refractivity contribution in [3.8, 4) is 11.1 Å². The van der Waals surface area contributed by atoms with Gasteiger partial charge in [0, 0.05) is 33.1 Å². The molecular weight excluding hydrogens is 589 g/mol. The smallest absolute Gasteiger partial charge is 0.168 e. The van der Waals surface area contributed by atoms with E-state index in [9.17, 15) is 0 Å². The lowest BCUT2D eigenvalue weighted by Gasteiger charge is -2.40. The van der Waals surface area contributed by atoms with E-state index in [1.54, 1.807) is 0 Å². The predicted octanol–water partition coefficient (Wildman–Crippen LogP) is 10.0. The van der Waals surface area contributed by atoms with Crippen LogP contribution in [0.15, 0.2) is 158 Å².